The van der Waals surface area contributed by atoms with E-state index in [-0.39, 0.29) is 107 Å². The van der Waals surface area contributed by atoms with Gasteiger partial charge in [0, 0.05) is 97.7 Å². The van der Waals surface area contributed by atoms with Crippen molar-refractivity contribution in [2.45, 2.75) is 238 Å². The third-order valence-corrected chi connectivity index (χ3v) is 23.1. The summed E-state index contributed by atoms with van der Waals surface area (Å²) >= 11 is 1.29. The number of halogens is 1. The van der Waals surface area contributed by atoms with Crippen LogP contribution in [0.1, 0.15) is 181 Å². The maximum atomic E-state index is 14.9. The van der Waals surface area contributed by atoms with Crippen molar-refractivity contribution in [3.05, 3.63) is 65.5 Å². The molecule has 4 fully saturated rings. The van der Waals surface area contributed by atoms with Crippen molar-refractivity contribution in [3.63, 3.8) is 0 Å². The van der Waals surface area contributed by atoms with E-state index in [1.54, 1.807) is 84.7 Å². The Kier molecular flexibility index (Phi) is 35.6. The highest BCUT2D eigenvalue weighted by Crippen LogP contribution is 2.52. The molecule has 113 heavy (non-hydrogen) atoms. The number of hydrogen-bond acceptors (Lipinski definition) is 21. The summed E-state index contributed by atoms with van der Waals surface area (Å²) in [6.07, 6.45) is 0.487. The molecule has 2 unspecified atom stereocenters. The van der Waals surface area contributed by atoms with E-state index in [0.717, 1.165) is 17.0 Å². The van der Waals surface area contributed by atoms with Crippen LogP contribution >= 0.6 is 11.8 Å². The zero-order chi connectivity index (χ0) is 83.9. The lowest BCUT2D eigenvalue weighted by Gasteiger charge is -2.41. The van der Waals surface area contributed by atoms with Gasteiger partial charge < -0.3 is 71.2 Å². The van der Waals surface area contributed by atoms with Gasteiger partial charge in [0.2, 0.25) is 53.2 Å². The van der Waals surface area contributed by atoms with Gasteiger partial charge in [-0.25, -0.2) is 18.8 Å². The summed E-state index contributed by atoms with van der Waals surface area (Å²) in [5.41, 5.74) is 5.83. The minimum Gasteiger partial charge on any atom is -0.445 e. The van der Waals surface area contributed by atoms with E-state index < -0.39 is 172 Å². The zero-order valence-electron chi connectivity index (χ0n) is 67.8. The number of anilines is 1. The molecule has 8 N–H and O–H groups in total. The minimum absolute atomic E-state index is 0.000995. The van der Waals surface area contributed by atoms with Crippen molar-refractivity contribution in [1.82, 2.24) is 51.2 Å². The smallest absolute Gasteiger partial charge is 0.410 e. The third-order valence-electron chi connectivity index (χ3n) is 21.5. The number of nitrogens with zero attached hydrogens (tertiary/aromatic N) is 5. The van der Waals surface area contributed by atoms with Crippen LogP contribution < -0.4 is 37.6 Å². The van der Waals surface area contributed by atoms with E-state index >= 15 is 0 Å². The van der Waals surface area contributed by atoms with Gasteiger partial charge in [0.15, 0.2) is 5.78 Å². The van der Waals surface area contributed by atoms with Gasteiger partial charge in [-0.3, -0.25) is 67.3 Å². The summed E-state index contributed by atoms with van der Waals surface area (Å²) in [6.45, 7) is 17.6. The first kappa shape index (κ1) is 92.7. The first-order valence-electron chi connectivity index (χ1n) is 38.9. The number of benzene rings is 2. The summed E-state index contributed by atoms with van der Waals surface area (Å²) in [5.74, 6) is -9.25. The quantitative estimate of drug-likeness (QED) is 0.0237. The predicted molar refractivity (Wildman–Crippen MR) is 414 cm³/mol. The van der Waals surface area contributed by atoms with E-state index in [1.807, 2.05) is 13.8 Å². The second kappa shape index (κ2) is 43.4. The number of primary amides is 1. The first-order chi connectivity index (χ1) is 53.4. The van der Waals surface area contributed by atoms with Crippen LogP contribution in [0.25, 0.3) is 0 Å². The minimum atomic E-state index is -1.17. The highest BCUT2D eigenvalue weighted by atomic mass is 32.2. The molecule has 0 bridgehead atoms. The average Bonchev–Trinajstić information content (AvgIpc) is 1.69. The van der Waals surface area contributed by atoms with Gasteiger partial charge in [-0.2, -0.15) is 0 Å². The fourth-order valence-corrected chi connectivity index (χ4v) is 15.9. The van der Waals surface area contributed by atoms with Gasteiger partial charge in [0.1, 0.15) is 36.6 Å². The molecule has 13 atom stereocenters. The molecule has 6 rings (SSSR count). The number of nitrogens with two attached hydrogens (primary N) is 1. The molecule has 4 aliphatic rings. The summed E-state index contributed by atoms with van der Waals surface area (Å²) in [4.78, 5) is 211. The lowest BCUT2D eigenvalue weighted by molar-refractivity contribution is -0.198. The number of Topliss-reactive ketones (excluding diaryl/α,β-unsaturated/α-hetero) is 1. The number of carbonyl (C=O) groups is 15. The zero-order valence-corrected chi connectivity index (χ0v) is 68.6. The van der Waals surface area contributed by atoms with Crippen LogP contribution in [0.3, 0.4) is 0 Å². The number of hydrogen-bond donors (Lipinski definition) is 7. The number of methoxy groups -OCH3 is 3. The lowest BCUT2D eigenvalue weighted by Crippen LogP contribution is -2.60. The van der Waals surface area contributed by atoms with Crippen LogP contribution in [0, 0.1) is 40.8 Å². The van der Waals surface area contributed by atoms with Crippen molar-refractivity contribution in [2.75, 3.05) is 66.1 Å². The molecule has 14 amide bonds. The van der Waals surface area contributed by atoms with E-state index in [4.69, 9.17) is 29.5 Å². The number of hydroxylamine groups is 2. The average molecular weight is 1610 g/mol. The predicted octanol–water partition coefficient (Wildman–Crippen LogP) is 5.70. The summed E-state index contributed by atoms with van der Waals surface area (Å²) in [6, 6.07) is 3.67. The van der Waals surface area contributed by atoms with Crippen LogP contribution in [0.4, 0.5) is 19.7 Å². The van der Waals surface area contributed by atoms with Gasteiger partial charge >= 0.3 is 18.1 Å². The van der Waals surface area contributed by atoms with Crippen LogP contribution in [0.15, 0.2) is 48.5 Å². The first-order valence-corrected chi connectivity index (χ1v) is 39.9. The van der Waals surface area contributed by atoms with E-state index in [9.17, 15) is 76.3 Å². The molecule has 2 aromatic carbocycles. The van der Waals surface area contributed by atoms with Gasteiger partial charge in [-0.1, -0.05) is 87.3 Å². The van der Waals surface area contributed by atoms with E-state index in [0.29, 0.717) is 67.0 Å². The lowest BCUT2D eigenvalue weighted by atomic mass is 9.89. The van der Waals surface area contributed by atoms with Crippen molar-refractivity contribution in [1.29, 1.82) is 0 Å². The Bertz CT molecular complexity index is 3680. The summed E-state index contributed by atoms with van der Waals surface area (Å²) in [7, 11) is 7.41. The molecule has 34 heteroatoms. The molecule has 3 heterocycles. The largest absolute Gasteiger partial charge is 0.445 e. The number of thioether (sulfide) groups is 1. The molecule has 0 radical (unpaired) electrons. The molecular weight excluding hydrogens is 1490 g/mol. The Balaban J connectivity index is 0.993. The molecule has 2 aromatic rings. The highest BCUT2D eigenvalue weighted by molar-refractivity contribution is 8.00. The van der Waals surface area contributed by atoms with Crippen LogP contribution in [0.5, 0.6) is 0 Å². The topological polar surface area (TPSA) is 417 Å². The number of imide groups is 2. The fourth-order valence-electron chi connectivity index (χ4n) is 14.4. The Morgan fingerprint density at radius 3 is 1.94 bits per heavy atom. The van der Waals surface area contributed by atoms with Crippen molar-refractivity contribution < 1.29 is 100 Å². The van der Waals surface area contributed by atoms with Crippen molar-refractivity contribution >= 4 is 106 Å². The molecule has 1 aliphatic carbocycles. The fraction of sp³-hybridized carbons (Fsp3) is 0.658. The number of unbranched alkanes of at least 4 members (excludes halogenated alkanes) is 2. The van der Waals surface area contributed by atoms with Crippen LogP contribution in [0.2, 0.25) is 0 Å². The monoisotopic (exact) mass is 1600 g/mol. The second-order valence-electron chi connectivity index (χ2n) is 31.1. The van der Waals surface area contributed by atoms with Crippen LogP contribution in [-0.2, 0) is 87.9 Å². The number of rotatable bonds is 45. The van der Waals surface area contributed by atoms with Crippen molar-refractivity contribution in [3.8, 4) is 0 Å². The number of urea groups is 1. The Hall–Kier alpha value is -9.15. The highest BCUT2D eigenvalue weighted by Gasteiger charge is 2.50. The SMILES string of the molecule is CC[C@H](C)C([C@@H](CC(=O)N1C[C@H](OC)C[C@H]1[C@H](OC)[C@@H](C)C(=O)N[C@@H](C)C(=O)c1ccc(F)cc1)OC)N(C)C(=O)[C@@H](NC(=O)[C@H](C(C)C)N(C)C(=O)OCc1ccc(NC(=O)[C@H](CCCNC(N)=O)NC(=O)[C@@H](NC(=O)CCCCCN2C(=O)CC(SCC3(CC(=O)ON4C(=O)CCC4=O)CC3)C2=O)C(C)C)cc1)C(C)C. The van der Waals surface area contributed by atoms with Gasteiger partial charge in [0.05, 0.1) is 60.4 Å². The number of carbonyl (C=O) groups excluding carboxylic acids is 15. The summed E-state index contributed by atoms with van der Waals surface area (Å²) < 4.78 is 37.1. The molecular formula is C79H117FN12O20S. The molecule has 626 valence electrons. The second-order valence-corrected chi connectivity index (χ2v) is 32.3. The molecule has 0 aromatic heterocycles. The van der Waals surface area contributed by atoms with Crippen molar-refractivity contribution in [2.24, 2.45) is 40.7 Å². The standard InChI is InChI=1S/C79H117FN12O20S/c1-16-47(8)68(57(109-14)38-62(96)91-41-54(108-13)37-56(91)70(110-15)48(9)71(100)83-49(10)69(99)51-25-27-52(80)28-26-51)88(11)76(105)66(45(4)5)87-74(103)67(46(6)7)89(12)78(107)111-42-50-23-29-53(30-24-50)84-72(101)55(21-20-35-82-77(81)106)85-73(102)65(44(2)3)86-59(93)22-18-17-19-36-90-63(97)39-58(75(90)104)113-43-79(33-34-79)40-64(98)112-92-60(94)31-32-61(92)95/h23-30,44-49,54-58,65-68,70H,16-22,31-43H2,1-15H3,(H,83,100)(H,84,101)(H,85,102)(H,86,93)(H,87,103)(H3,81,82,106)/t47-,48+,49-,54+,55-,56-,57+,58?,65-,66-,67-,68?,70+/m0/s1. The maximum Gasteiger partial charge on any atom is 0.410 e. The van der Waals surface area contributed by atoms with Gasteiger partial charge in [0.25, 0.3) is 11.8 Å². The molecule has 32 nitrogen and oxygen atoms in total. The molecule has 1 saturated carbocycles. The van der Waals surface area contributed by atoms with Gasteiger partial charge in [-0.05, 0) is 123 Å². The number of ketones is 1. The van der Waals surface area contributed by atoms with E-state index in [2.05, 4.69) is 31.9 Å². The van der Waals surface area contributed by atoms with E-state index in [1.165, 1.54) is 69.0 Å². The Morgan fingerprint density at radius 1 is 0.717 bits per heavy atom. The Morgan fingerprint density at radius 2 is 1.36 bits per heavy atom. The normalized spacial score (nSPS) is 19.3. The summed E-state index contributed by atoms with van der Waals surface area (Å²) in [5, 5.41) is 16.3. The number of likely N-dealkylation sites (tertiary alicyclic amines) is 2. The third kappa shape index (κ3) is 26.2. The number of nitrogens with one attached hydrogen (secondary N) is 6. The molecule has 3 aliphatic heterocycles. The molecule has 0 spiro atoms. The number of likely N-dealkylation sites (N-methyl/N-ethyl adjacent to an activating group) is 2. The Labute approximate surface area is 665 Å². The number of ether oxygens (including phenoxy) is 4. The maximum absolute atomic E-state index is 14.9. The van der Waals surface area contributed by atoms with Crippen LogP contribution in [-0.4, -0.2) is 240 Å². The number of amides is 14. The van der Waals surface area contributed by atoms with Gasteiger partial charge in [-0.15, -0.1) is 16.8 Å². The molecule has 3 saturated heterocycles.